The van der Waals surface area contributed by atoms with E-state index < -0.39 is 0 Å². The Balaban J connectivity index is 1.78. The van der Waals surface area contributed by atoms with E-state index >= 15 is 0 Å². The maximum Gasteiger partial charge on any atom is 0.237 e. The molecule has 120 valence electrons. The highest BCUT2D eigenvalue weighted by molar-refractivity contribution is 7.15. The molecule has 0 unspecified atom stereocenters. The summed E-state index contributed by atoms with van der Waals surface area (Å²) in [5.74, 6) is 2.24. The van der Waals surface area contributed by atoms with Crippen LogP contribution in [-0.2, 0) is 0 Å². The van der Waals surface area contributed by atoms with Gasteiger partial charge in [-0.1, -0.05) is 19.3 Å². The zero-order chi connectivity index (χ0) is 15.8. The number of hydrogen-bond donors (Lipinski definition) is 0. The predicted molar refractivity (Wildman–Crippen MR) is 94.4 cm³/mol. The van der Waals surface area contributed by atoms with Gasteiger partial charge in [-0.2, -0.15) is 0 Å². The number of aromatic nitrogens is 1. The Morgan fingerprint density at radius 3 is 2.70 bits per heavy atom. The summed E-state index contributed by atoms with van der Waals surface area (Å²) in [5, 5.41) is 0. The summed E-state index contributed by atoms with van der Waals surface area (Å²) < 4.78 is 11.6. The van der Waals surface area contributed by atoms with Crippen molar-refractivity contribution in [3.63, 3.8) is 0 Å². The summed E-state index contributed by atoms with van der Waals surface area (Å²) in [6, 6.07) is 8.36. The van der Waals surface area contributed by atoms with Gasteiger partial charge in [-0.15, -0.1) is 11.3 Å². The lowest BCUT2D eigenvalue weighted by Crippen LogP contribution is -2.06. The number of fused-ring (bicyclic) bond motifs is 1. The molecule has 0 radical (unpaired) electrons. The van der Waals surface area contributed by atoms with E-state index in [1.807, 2.05) is 6.07 Å². The number of rotatable bonds is 3. The molecule has 0 atom stereocenters. The third-order valence-electron chi connectivity index (χ3n) is 4.74. The lowest BCUT2D eigenvalue weighted by molar-refractivity contribution is 0.387. The molecule has 0 aliphatic heterocycles. The fourth-order valence-electron chi connectivity index (χ4n) is 3.54. The molecule has 0 amide bonds. The first kappa shape index (κ1) is 14.8. The molecular weight excluding hydrogens is 306 g/mol. The molecule has 3 nitrogen and oxygen atoms in total. The first-order valence-corrected chi connectivity index (χ1v) is 9.11. The average molecular weight is 327 g/mol. The standard InChI is InChI=1S/C19H21NO2S/c1-12-8-9-18(23-12)19-20-15-10-14(13-6-4-3-5-7-13)16(21-2)11-17(15)22-19/h8-11,13H,3-7H2,1-2H3. The van der Waals surface area contributed by atoms with Crippen LogP contribution in [0.15, 0.2) is 28.7 Å². The Kier molecular flexibility index (Phi) is 3.85. The predicted octanol–water partition coefficient (Wildman–Crippen LogP) is 5.92. The largest absolute Gasteiger partial charge is 0.496 e. The Bertz CT molecular complexity index is 827. The summed E-state index contributed by atoms with van der Waals surface area (Å²) in [7, 11) is 1.74. The van der Waals surface area contributed by atoms with Gasteiger partial charge in [0.05, 0.1) is 12.0 Å². The van der Waals surface area contributed by atoms with Crippen LogP contribution in [0.2, 0.25) is 0 Å². The van der Waals surface area contributed by atoms with Crippen LogP contribution < -0.4 is 4.74 Å². The molecule has 1 aromatic carbocycles. The van der Waals surface area contributed by atoms with Gasteiger partial charge in [0.25, 0.3) is 0 Å². The van der Waals surface area contributed by atoms with Crippen molar-refractivity contribution in [2.45, 2.75) is 44.9 Å². The highest BCUT2D eigenvalue weighted by atomic mass is 32.1. The van der Waals surface area contributed by atoms with Crippen molar-refractivity contribution < 1.29 is 9.15 Å². The van der Waals surface area contributed by atoms with Crippen LogP contribution in [0.1, 0.15) is 48.5 Å². The Morgan fingerprint density at radius 2 is 2.00 bits per heavy atom. The minimum Gasteiger partial charge on any atom is -0.496 e. The van der Waals surface area contributed by atoms with Gasteiger partial charge >= 0.3 is 0 Å². The molecule has 0 bridgehead atoms. The molecule has 2 aromatic heterocycles. The van der Waals surface area contributed by atoms with E-state index in [2.05, 4.69) is 25.1 Å². The molecule has 23 heavy (non-hydrogen) atoms. The monoisotopic (exact) mass is 327 g/mol. The van der Waals surface area contributed by atoms with E-state index in [4.69, 9.17) is 14.1 Å². The topological polar surface area (TPSA) is 35.3 Å². The summed E-state index contributed by atoms with van der Waals surface area (Å²) in [6.45, 7) is 2.10. The maximum absolute atomic E-state index is 5.97. The lowest BCUT2D eigenvalue weighted by atomic mass is 9.83. The van der Waals surface area contributed by atoms with Gasteiger partial charge in [0.2, 0.25) is 5.89 Å². The fourth-order valence-corrected chi connectivity index (χ4v) is 4.33. The molecular formula is C19H21NO2S. The molecule has 1 fully saturated rings. The summed E-state index contributed by atoms with van der Waals surface area (Å²) in [5.41, 5.74) is 3.04. The first-order valence-electron chi connectivity index (χ1n) is 8.30. The molecule has 0 N–H and O–H groups in total. The maximum atomic E-state index is 5.97. The SMILES string of the molecule is COc1cc2oc(-c3ccc(C)s3)nc2cc1C1CCCCC1. The van der Waals surface area contributed by atoms with E-state index in [-0.39, 0.29) is 0 Å². The Hall–Kier alpha value is -1.81. The zero-order valence-corrected chi connectivity index (χ0v) is 14.4. The molecule has 0 saturated heterocycles. The highest BCUT2D eigenvalue weighted by Gasteiger charge is 2.21. The van der Waals surface area contributed by atoms with Crippen molar-refractivity contribution in [1.29, 1.82) is 0 Å². The number of hydrogen-bond acceptors (Lipinski definition) is 4. The molecule has 4 heteroatoms. The van der Waals surface area contributed by atoms with Gasteiger partial charge in [-0.05, 0) is 49.4 Å². The Labute approximate surface area is 140 Å². The van der Waals surface area contributed by atoms with Crippen LogP contribution in [-0.4, -0.2) is 12.1 Å². The third kappa shape index (κ3) is 2.76. The number of methoxy groups -OCH3 is 1. The van der Waals surface area contributed by atoms with Crippen LogP contribution >= 0.6 is 11.3 Å². The summed E-state index contributed by atoms with van der Waals surface area (Å²) >= 11 is 1.71. The smallest absolute Gasteiger partial charge is 0.237 e. The van der Waals surface area contributed by atoms with Crippen LogP contribution in [0.4, 0.5) is 0 Å². The number of ether oxygens (including phenoxy) is 1. The Morgan fingerprint density at radius 1 is 1.17 bits per heavy atom. The van der Waals surface area contributed by atoms with Gasteiger partial charge < -0.3 is 9.15 Å². The minimum atomic E-state index is 0.590. The number of thiophene rings is 1. The lowest BCUT2D eigenvalue weighted by Gasteiger charge is -2.23. The van der Waals surface area contributed by atoms with Crippen molar-refractivity contribution in [1.82, 2.24) is 4.98 Å². The highest BCUT2D eigenvalue weighted by Crippen LogP contribution is 2.40. The number of aryl methyl sites for hydroxylation is 1. The van der Waals surface area contributed by atoms with Gasteiger partial charge in [-0.3, -0.25) is 0 Å². The fraction of sp³-hybridized carbons (Fsp3) is 0.421. The van der Waals surface area contributed by atoms with E-state index in [1.165, 1.54) is 42.5 Å². The molecule has 0 spiro atoms. The zero-order valence-electron chi connectivity index (χ0n) is 13.6. The number of benzene rings is 1. The summed E-state index contributed by atoms with van der Waals surface area (Å²) in [6.07, 6.45) is 6.47. The third-order valence-corrected chi connectivity index (χ3v) is 5.72. The second-order valence-corrected chi connectivity index (χ2v) is 7.61. The van der Waals surface area contributed by atoms with Crippen molar-refractivity contribution in [2.24, 2.45) is 0 Å². The quantitative estimate of drug-likeness (QED) is 0.599. The normalized spacial score (nSPS) is 16.1. The van der Waals surface area contributed by atoms with Crippen molar-refractivity contribution >= 4 is 22.4 Å². The van der Waals surface area contributed by atoms with E-state index in [0.29, 0.717) is 11.8 Å². The second-order valence-electron chi connectivity index (χ2n) is 6.33. The molecule has 3 aromatic rings. The van der Waals surface area contributed by atoms with Gasteiger partial charge in [-0.25, -0.2) is 4.98 Å². The van der Waals surface area contributed by atoms with E-state index in [0.717, 1.165) is 21.7 Å². The summed E-state index contributed by atoms with van der Waals surface area (Å²) in [4.78, 5) is 7.06. The van der Waals surface area contributed by atoms with Crippen LogP contribution in [0, 0.1) is 6.92 Å². The molecule has 1 saturated carbocycles. The van der Waals surface area contributed by atoms with E-state index in [9.17, 15) is 0 Å². The van der Waals surface area contributed by atoms with Crippen LogP contribution in [0.25, 0.3) is 21.9 Å². The molecule has 2 heterocycles. The number of nitrogens with zero attached hydrogens (tertiary/aromatic N) is 1. The van der Waals surface area contributed by atoms with Crippen molar-refractivity contribution in [2.75, 3.05) is 7.11 Å². The van der Waals surface area contributed by atoms with Crippen molar-refractivity contribution in [3.05, 3.63) is 34.7 Å². The molecule has 1 aliphatic rings. The van der Waals surface area contributed by atoms with Crippen molar-refractivity contribution in [3.8, 4) is 16.5 Å². The molecule has 1 aliphatic carbocycles. The van der Waals surface area contributed by atoms with Gasteiger partial charge in [0.15, 0.2) is 5.58 Å². The molecule has 4 rings (SSSR count). The van der Waals surface area contributed by atoms with Gasteiger partial charge in [0, 0.05) is 10.9 Å². The first-order chi connectivity index (χ1) is 11.2. The van der Waals surface area contributed by atoms with Crippen LogP contribution in [0.3, 0.4) is 0 Å². The minimum absolute atomic E-state index is 0.590. The number of oxazole rings is 1. The van der Waals surface area contributed by atoms with Crippen LogP contribution in [0.5, 0.6) is 5.75 Å². The average Bonchev–Trinajstić information content (AvgIpc) is 3.19. The van der Waals surface area contributed by atoms with Gasteiger partial charge in [0.1, 0.15) is 11.3 Å². The van der Waals surface area contributed by atoms with E-state index in [1.54, 1.807) is 18.4 Å². The second kappa shape index (κ2) is 6.00.